The molecular weight excluding hydrogens is 298 g/mol. The third kappa shape index (κ3) is 4.05. The molecule has 0 saturated carbocycles. The summed E-state index contributed by atoms with van der Waals surface area (Å²) < 4.78 is 4.56. The van der Waals surface area contributed by atoms with E-state index in [9.17, 15) is 14.9 Å². The summed E-state index contributed by atoms with van der Waals surface area (Å²) in [7, 11) is 1.32. The van der Waals surface area contributed by atoms with Crippen molar-refractivity contribution in [2.45, 2.75) is 19.0 Å². The van der Waals surface area contributed by atoms with E-state index in [1.165, 1.54) is 25.3 Å². The molecule has 1 aromatic carbocycles. The number of benzene rings is 1. The van der Waals surface area contributed by atoms with Gasteiger partial charge in [0, 0.05) is 42.8 Å². The Morgan fingerprint density at radius 3 is 3.05 bits per heavy atom. The third-order valence-corrected chi connectivity index (χ3v) is 3.78. The van der Waals surface area contributed by atoms with Gasteiger partial charge in [-0.2, -0.15) is 0 Å². The van der Waals surface area contributed by atoms with Gasteiger partial charge in [0.1, 0.15) is 0 Å². The first-order valence-corrected chi connectivity index (χ1v) is 6.87. The van der Waals surface area contributed by atoms with Crippen LogP contribution in [0.2, 0.25) is 5.02 Å². The van der Waals surface area contributed by atoms with Crippen molar-refractivity contribution in [1.82, 2.24) is 10.2 Å². The molecule has 0 aliphatic carbocycles. The van der Waals surface area contributed by atoms with Crippen LogP contribution in [0.4, 0.5) is 10.5 Å². The Morgan fingerprint density at radius 1 is 1.62 bits per heavy atom. The first kappa shape index (κ1) is 15.5. The highest BCUT2D eigenvalue weighted by Crippen LogP contribution is 2.24. The van der Waals surface area contributed by atoms with Gasteiger partial charge in [0.15, 0.2) is 0 Å². The second kappa shape index (κ2) is 6.73. The number of hydrogen-bond donors (Lipinski definition) is 1. The minimum atomic E-state index is -0.449. The normalized spacial score (nSPS) is 18.5. The molecule has 8 heteroatoms. The van der Waals surface area contributed by atoms with Crippen molar-refractivity contribution in [2.75, 3.05) is 20.2 Å². The van der Waals surface area contributed by atoms with Crippen LogP contribution in [0.1, 0.15) is 12.0 Å². The van der Waals surface area contributed by atoms with E-state index in [1.54, 1.807) is 0 Å². The minimum absolute atomic E-state index is 0.0231. The fourth-order valence-electron chi connectivity index (χ4n) is 2.36. The highest BCUT2D eigenvalue weighted by atomic mass is 35.5. The molecule has 1 atom stereocenters. The van der Waals surface area contributed by atoms with E-state index in [-0.39, 0.29) is 11.7 Å². The number of nitro groups is 1. The predicted octanol–water partition coefficient (Wildman–Crippen LogP) is 2.18. The summed E-state index contributed by atoms with van der Waals surface area (Å²) in [5, 5.41) is 14.0. The maximum absolute atomic E-state index is 11.2. The fraction of sp³-hybridized carbons (Fsp3) is 0.462. The van der Waals surface area contributed by atoms with E-state index in [2.05, 4.69) is 15.0 Å². The van der Waals surface area contributed by atoms with Gasteiger partial charge in [-0.15, -0.1) is 0 Å². The van der Waals surface area contributed by atoms with E-state index in [1.807, 2.05) is 0 Å². The average molecular weight is 314 g/mol. The number of hydrogen-bond acceptors (Lipinski definition) is 5. The number of nitrogens with zero attached hydrogens (tertiary/aromatic N) is 2. The van der Waals surface area contributed by atoms with Crippen LogP contribution in [-0.4, -0.2) is 42.2 Å². The quantitative estimate of drug-likeness (QED) is 0.680. The Balaban J connectivity index is 1.98. The number of ether oxygens (including phenoxy) is 1. The molecular formula is C13H16ClN3O4. The molecule has 1 aliphatic heterocycles. The van der Waals surface area contributed by atoms with Crippen LogP contribution in [-0.2, 0) is 11.3 Å². The largest absolute Gasteiger partial charge is 0.453 e. The molecule has 21 heavy (non-hydrogen) atoms. The Labute approximate surface area is 127 Å². The van der Waals surface area contributed by atoms with Crippen molar-refractivity contribution >= 4 is 23.4 Å². The zero-order chi connectivity index (χ0) is 15.4. The van der Waals surface area contributed by atoms with E-state index in [0.29, 0.717) is 23.7 Å². The number of methoxy groups -OCH3 is 1. The molecule has 1 aliphatic rings. The van der Waals surface area contributed by atoms with Gasteiger partial charge in [-0.1, -0.05) is 11.6 Å². The maximum Gasteiger partial charge on any atom is 0.407 e. The fourth-order valence-corrected chi connectivity index (χ4v) is 2.53. The summed E-state index contributed by atoms with van der Waals surface area (Å²) in [6.45, 7) is 1.96. The zero-order valence-electron chi connectivity index (χ0n) is 11.5. The van der Waals surface area contributed by atoms with Gasteiger partial charge in [0.25, 0.3) is 5.69 Å². The van der Waals surface area contributed by atoms with Crippen LogP contribution in [0.15, 0.2) is 18.2 Å². The number of halogens is 1. The number of nitrogens with one attached hydrogen (secondary N) is 1. The van der Waals surface area contributed by atoms with Crippen LogP contribution in [0.3, 0.4) is 0 Å². The van der Waals surface area contributed by atoms with Crippen molar-refractivity contribution in [3.63, 3.8) is 0 Å². The first-order valence-electron chi connectivity index (χ1n) is 6.49. The summed E-state index contributed by atoms with van der Waals surface area (Å²) in [5.41, 5.74) is 0.738. The van der Waals surface area contributed by atoms with E-state index < -0.39 is 11.0 Å². The molecule has 114 valence electrons. The zero-order valence-corrected chi connectivity index (χ0v) is 12.3. The summed E-state index contributed by atoms with van der Waals surface area (Å²) in [6, 6.07) is 4.44. The molecule has 7 nitrogen and oxygen atoms in total. The molecule has 1 aromatic rings. The molecule has 0 bridgehead atoms. The van der Waals surface area contributed by atoms with Crippen LogP contribution in [0, 0.1) is 10.1 Å². The second-order valence-corrected chi connectivity index (χ2v) is 5.30. The molecule has 1 saturated heterocycles. The highest BCUT2D eigenvalue weighted by Gasteiger charge is 2.25. The molecule has 1 heterocycles. The lowest BCUT2D eigenvalue weighted by molar-refractivity contribution is -0.384. The molecule has 1 unspecified atom stereocenters. The summed E-state index contributed by atoms with van der Waals surface area (Å²) >= 11 is 6.08. The topological polar surface area (TPSA) is 84.7 Å². The van der Waals surface area contributed by atoms with Crippen molar-refractivity contribution in [3.05, 3.63) is 38.9 Å². The van der Waals surface area contributed by atoms with Gasteiger partial charge >= 0.3 is 6.09 Å². The van der Waals surface area contributed by atoms with Gasteiger partial charge in [0.2, 0.25) is 0 Å². The van der Waals surface area contributed by atoms with Crippen molar-refractivity contribution in [2.24, 2.45) is 0 Å². The van der Waals surface area contributed by atoms with Gasteiger partial charge in [-0.25, -0.2) is 4.79 Å². The van der Waals surface area contributed by atoms with Crippen molar-refractivity contribution in [3.8, 4) is 0 Å². The number of nitro benzene ring substituents is 1. The Kier molecular flexibility index (Phi) is 4.98. The number of amides is 1. The Morgan fingerprint density at radius 2 is 2.38 bits per heavy atom. The first-order chi connectivity index (χ1) is 9.99. The summed E-state index contributed by atoms with van der Waals surface area (Å²) in [6.07, 6.45) is 0.358. The van der Waals surface area contributed by atoms with Crippen LogP contribution in [0.5, 0.6) is 0 Å². The molecule has 0 radical (unpaired) electrons. The lowest BCUT2D eigenvalue weighted by Crippen LogP contribution is -2.36. The third-order valence-electron chi connectivity index (χ3n) is 3.41. The van der Waals surface area contributed by atoms with Crippen LogP contribution >= 0.6 is 11.6 Å². The van der Waals surface area contributed by atoms with Crippen LogP contribution < -0.4 is 5.32 Å². The van der Waals surface area contributed by atoms with Gasteiger partial charge in [-0.05, 0) is 18.1 Å². The van der Waals surface area contributed by atoms with Gasteiger partial charge in [0.05, 0.1) is 12.0 Å². The minimum Gasteiger partial charge on any atom is -0.453 e. The van der Waals surface area contributed by atoms with E-state index in [0.717, 1.165) is 13.0 Å². The standard InChI is InChI=1S/C13H16ClN3O4/c1-21-13(18)15-10-4-5-16(8-10)7-9-6-11(17(19)20)2-3-12(9)14/h2-3,6,10H,4-5,7-8H2,1H3,(H,15,18). The van der Waals surface area contributed by atoms with E-state index >= 15 is 0 Å². The van der Waals surface area contributed by atoms with Crippen LogP contribution in [0.25, 0.3) is 0 Å². The number of likely N-dealkylation sites (tertiary alicyclic amines) is 1. The number of carbonyl (C=O) groups excluding carboxylic acids is 1. The number of alkyl carbamates (subject to hydrolysis) is 1. The Hall–Kier alpha value is -1.86. The monoisotopic (exact) mass is 313 g/mol. The number of non-ortho nitro benzene ring substituents is 1. The highest BCUT2D eigenvalue weighted by molar-refractivity contribution is 6.31. The smallest absolute Gasteiger partial charge is 0.407 e. The maximum atomic E-state index is 11.2. The second-order valence-electron chi connectivity index (χ2n) is 4.89. The summed E-state index contributed by atoms with van der Waals surface area (Å²) in [5.74, 6) is 0. The van der Waals surface area contributed by atoms with Crippen molar-refractivity contribution in [1.29, 1.82) is 0 Å². The summed E-state index contributed by atoms with van der Waals surface area (Å²) in [4.78, 5) is 23.6. The van der Waals surface area contributed by atoms with Gasteiger partial charge in [-0.3, -0.25) is 15.0 Å². The molecule has 1 fully saturated rings. The Bertz CT molecular complexity index is 552. The molecule has 1 N–H and O–H groups in total. The SMILES string of the molecule is COC(=O)NC1CCN(Cc2cc([N+](=O)[O-])ccc2Cl)C1. The van der Waals surface area contributed by atoms with Gasteiger partial charge < -0.3 is 10.1 Å². The average Bonchev–Trinajstić information content (AvgIpc) is 2.88. The molecule has 0 spiro atoms. The number of carbonyl (C=O) groups is 1. The van der Waals surface area contributed by atoms with Crippen molar-refractivity contribution < 1.29 is 14.5 Å². The molecule has 0 aromatic heterocycles. The molecule has 1 amide bonds. The number of rotatable bonds is 4. The lowest BCUT2D eigenvalue weighted by Gasteiger charge is -2.17. The van der Waals surface area contributed by atoms with E-state index in [4.69, 9.17) is 11.6 Å². The lowest BCUT2D eigenvalue weighted by atomic mass is 10.2. The molecule has 2 rings (SSSR count). The predicted molar refractivity (Wildman–Crippen MR) is 77.3 cm³/mol.